The van der Waals surface area contributed by atoms with Crippen molar-refractivity contribution >= 4 is 0 Å². The van der Waals surface area contributed by atoms with Gasteiger partial charge in [0.2, 0.25) is 0 Å². The van der Waals surface area contributed by atoms with Crippen molar-refractivity contribution in [3.8, 4) is 0 Å². The SMILES string of the molecule is CCOC(CC)NC1CC(C)(C)NC(C)(C)C1. The first-order valence-electron chi connectivity index (χ1n) is 6.95. The molecular formula is C14H30N2O. The molecule has 1 fully saturated rings. The molecule has 0 bridgehead atoms. The van der Waals surface area contributed by atoms with Gasteiger partial charge in [0.1, 0.15) is 6.23 Å². The third kappa shape index (κ3) is 4.94. The fourth-order valence-corrected chi connectivity index (χ4v) is 3.19. The predicted molar refractivity (Wildman–Crippen MR) is 73.2 cm³/mol. The molecule has 1 saturated heterocycles. The summed E-state index contributed by atoms with van der Waals surface area (Å²) < 4.78 is 5.70. The van der Waals surface area contributed by atoms with Gasteiger partial charge in [0, 0.05) is 23.7 Å². The van der Waals surface area contributed by atoms with E-state index in [0.29, 0.717) is 6.04 Å². The van der Waals surface area contributed by atoms with Gasteiger partial charge in [-0.25, -0.2) is 0 Å². The Morgan fingerprint density at radius 3 is 2.12 bits per heavy atom. The van der Waals surface area contributed by atoms with Crippen molar-refractivity contribution in [2.75, 3.05) is 6.61 Å². The summed E-state index contributed by atoms with van der Waals surface area (Å²) in [5, 5.41) is 7.36. The van der Waals surface area contributed by atoms with E-state index in [1.807, 2.05) is 0 Å². The average molecular weight is 242 g/mol. The summed E-state index contributed by atoms with van der Waals surface area (Å²) in [7, 11) is 0. The van der Waals surface area contributed by atoms with Crippen LogP contribution in [0, 0.1) is 0 Å². The van der Waals surface area contributed by atoms with E-state index in [1.54, 1.807) is 0 Å². The van der Waals surface area contributed by atoms with Crippen LogP contribution in [-0.4, -0.2) is 30.0 Å². The zero-order chi connectivity index (χ0) is 13.1. The maximum absolute atomic E-state index is 5.70. The van der Waals surface area contributed by atoms with Gasteiger partial charge in [0.25, 0.3) is 0 Å². The molecule has 0 aromatic rings. The van der Waals surface area contributed by atoms with Gasteiger partial charge >= 0.3 is 0 Å². The van der Waals surface area contributed by atoms with Crippen LogP contribution in [0.1, 0.15) is 60.8 Å². The molecule has 1 aliphatic rings. The Bertz CT molecular complexity index is 222. The first kappa shape index (κ1) is 14.9. The summed E-state index contributed by atoms with van der Waals surface area (Å²) in [6, 6.07) is 0.540. The monoisotopic (exact) mass is 242 g/mol. The van der Waals surface area contributed by atoms with Gasteiger partial charge in [0.05, 0.1) is 0 Å². The van der Waals surface area contributed by atoms with Crippen molar-refractivity contribution in [3.05, 3.63) is 0 Å². The number of piperidine rings is 1. The minimum Gasteiger partial charge on any atom is -0.364 e. The first-order valence-corrected chi connectivity index (χ1v) is 6.95. The molecule has 0 radical (unpaired) electrons. The van der Waals surface area contributed by atoms with Crippen LogP contribution in [0.15, 0.2) is 0 Å². The van der Waals surface area contributed by atoms with E-state index in [-0.39, 0.29) is 17.3 Å². The van der Waals surface area contributed by atoms with Gasteiger partial charge in [-0.3, -0.25) is 5.32 Å². The minimum absolute atomic E-state index is 0.198. The highest BCUT2D eigenvalue weighted by atomic mass is 16.5. The van der Waals surface area contributed by atoms with E-state index >= 15 is 0 Å². The Morgan fingerprint density at radius 1 is 1.18 bits per heavy atom. The number of rotatable bonds is 5. The van der Waals surface area contributed by atoms with Gasteiger partial charge in [0.15, 0.2) is 0 Å². The van der Waals surface area contributed by atoms with Gasteiger partial charge in [-0.1, -0.05) is 6.92 Å². The van der Waals surface area contributed by atoms with E-state index in [4.69, 9.17) is 4.74 Å². The highest BCUT2D eigenvalue weighted by molar-refractivity contribution is 4.99. The molecule has 3 heteroatoms. The summed E-state index contributed by atoms with van der Waals surface area (Å²) in [5.41, 5.74) is 0.397. The molecule has 0 aromatic carbocycles. The second-order valence-corrected chi connectivity index (χ2v) is 6.52. The third-order valence-corrected chi connectivity index (χ3v) is 3.35. The topological polar surface area (TPSA) is 33.3 Å². The molecule has 0 aliphatic carbocycles. The van der Waals surface area contributed by atoms with E-state index < -0.39 is 0 Å². The molecule has 1 rings (SSSR count). The van der Waals surface area contributed by atoms with Gasteiger partial charge < -0.3 is 10.1 Å². The lowest BCUT2D eigenvalue weighted by atomic mass is 9.79. The second kappa shape index (κ2) is 5.68. The lowest BCUT2D eigenvalue weighted by Crippen LogP contribution is -2.62. The summed E-state index contributed by atoms with van der Waals surface area (Å²) in [6.07, 6.45) is 3.54. The highest BCUT2D eigenvalue weighted by Gasteiger charge is 2.38. The molecule has 0 amide bonds. The van der Waals surface area contributed by atoms with Gasteiger partial charge in [-0.15, -0.1) is 0 Å². The van der Waals surface area contributed by atoms with Crippen molar-refractivity contribution in [1.29, 1.82) is 0 Å². The minimum atomic E-state index is 0.198. The standard InChI is InChI=1S/C14H30N2O/c1-7-12(17-8-2)15-11-9-13(3,4)16-14(5,6)10-11/h11-12,15-16H,7-10H2,1-6H3. The Labute approximate surface area is 107 Å². The quantitative estimate of drug-likeness (QED) is 0.727. The predicted octanol–water partition coefficient (Wildman–Crippen LogP) is 2.66. The van der Waals surface area contributed by atoms with Crippen molar-refractivity contribution in [2.24, 2.45) is 0 Å². The number of hydrogen-bond donors (Lipinski definition) is 2. The molecule has 3 nitrogen and oxygen atoms in total. The van der Waals surface area contributed by atoms with Crippen molar-refractivity contribution in [1.82, 2.24) is 10.6 Å². The van der Waals surface area contributed by atoms with E-state index in [0.717, 1.165) is 25.9 Å². The maximum atomic E-state index is 5.70. The second-order valence-electron chi connectivity index (χ2n) is 6.52. The smallest absolute Gasteiger partial charge is 0.108 e. The summed E-state index contributed by atoms with van der Waals surface area (Å²) >= 11 is 0. The Morgan fingerprint density at radius 2 is 1.71 bits per heavy atom. The fraction of sp³-hybridized carbons (Fsp3) is 1.00. The van der Waals surface area contributed by atoms with Crippen molar-refractivity contribution in [3.63, 3.8) is 0 Å². The van der Waals surface area contributed by atoms with Crippen LogP contribution in [0.25, 0.3) is 0 Å². The zero-order valence-corrected chi connectivity index (χ0v) is 12.4. The van der Waals surface area contributed by atoms with Crippen LogP contribution in [0.3, 0.4) is 0 Å². The molecule has 0 spiro atoms. The lowest BCUT2D eigenvalue weighted by Gasteiger charge is -2.47. The molecule has 17 heavy (non-hydrogen) atoms. The third-order valence-electron chi connectivity index (χ3n) is 3.35. The molecule has 2 N–H and O–H groups in total. The Balaban J connectivity index is 2.58. The van der Waals surface area contributed by atoms with E-state index in [1.165, 1.54) is 0 Å². The van der Waals surface area contributed by atoms with Crippen LogP contribution < -0.4 is 10.6 Å². The largest absolute Gasteiger partial charge is 0.364 e. The van der Waals surface area contributed by atoms with Crippen LogP contribution >= 0.6 is 0 Å². The normalized spacial score (nSPS) is 25.8. The van der Waals surface area contributed by atoms with Crippen LogP contribution in [0.5, 0.6) is 0 Å². The van der Waals surface area contributed by atoms with Crippen LogP contribution in [0.2, 0.25) is 0 Å². The number of ether oxygens (including phenoxy) is 1. The summed E-state index contributed by atoms with van der Waals surface area (Å²) in [6.45, 7) is 14.1. The van der Waals surface area contributed by atoms with Gasteiger partial charge in [-0.05, 0) is 53.9 Å². The molecule has 1 heterocycles. The van der Waals surface area contributed by atoms with Crippen molar-refractivity contribution in [2.45, 2.75) is 84.2 Å². The summed E-state index contributed by atoms with van der Waals surface area (Å²) in [5.74, 6) is 0. The fourth-order valence-electron chi connectivity index (χ4n) is 3.19. The molecule has 1 atom stereocenters. The molecule has 1 aliphatic heterocycles. The molecule has 0 aromatic heterocycles. The van der Waals surface area contributed by atoms with Crippen LogP contribution in [0.4, 0.5) is 0 Å². The molecule has 102 valence electrons. The molecule has 1 unspecified atom stereocenters. The van der Waals surface area contributed by atoms with E-state index in [9.17, 15) is 0 Å². The van der Waals surface area contributed by atoms with Crippen molar-refractivity contribution < 1.29 is 4.74 Å². The first-order chi connectivity index (χ1) is 7.78. The number of nitrogens with one attached hydrogen (secondary N) is 2. The van der Waals surface area contributed by atoms with E-state index in [2.05, 4.69) is 52.2 Å². The Kier molecular flexibility index (Phi) is 4.99. The van der Waals surface area contributed by atoms with Crippen LogP contribution in [-0.2, 0) is 4.74 Å². The van der Waals surface area contributed by atoms with Gasteiger partial charge in [-0.2, -0.15) is 0 Å². The zero-order valence-electron chi connectivity index (χ0n) is 12.4. The Hall–Kier alpha value is -0.120. The number of hydrogen-bond acceptors (Lipinski definition) is 3. The lowest BCUT2D eigenvalue weighted by molar-refractivity contribution is 0.0120. The highest BCUT2D eigenvalue weighted by Crippen LogP contribution is 2.28. The molecule has 0 saturated carbocycles. The average Bonchev–Trinajstić information content (AvgIpc) is 2.11. The summed E-state index contributed by atoms with van der Waals surface area (Å²) in [4.78, 5) is 0. The molecular weight excluding hydrogens is 212 g/mol. The maximum Gasteiger partial charge on any atom is 0.108 e.